The largest absolute Gasteiger partial charge is 0.484 e. The zero-order valence-corrected chi connectivity index (χ0v) is 12.7. The van der Waals surface area contributed by atoms with Gasteiger partial charge >= 0.3 is 5.97 Å². The third kappa shape index (κ3) is 3.17. The van der Waals surface area contributed by atoms with E-state index >= 15 is 0 Å². The predicted molar refractivity (Wildman–Crippen MR) is 78.4 cm³/mol. The summed E-state index contributed by atoms with van der Waals surface area (Å²) in [5.74, 6) is -0.746. The molecule has 0 fully saturated rings. The third-order valence-corrected chi connectivity index (χ3v) is 4.17. The number of carboxylic acid groups (broad SMARTS) is 1. The van der Waals surface area contributed by atoms with E-state index in [1.54, 1.807) is 0 Å². The summed E-state index contributed by atoms with van der Waals surface area (Å²) < 4.78 is 5.50. The van der Waals surface area contributed by atoms with Gasteiger partial charge in [0.2, 0.25) is 0 Å². The monoisotopic (exact) mass is 291 g/mol. The fraction of sp³-hybridized carbons (Fsp3) is 0.500. The number of amides is 1. The highest BCUT2D eigenvalue weighted by atomic mass is 16.5. The molecule has 1 aliphatic carbocycles. The number of rotatable bonds is 5. The number of aliphatic carboxylic acids is 1. The van der Waals surface area contributed by atoms with Gasteiger partial charge < -0.3 is 14.7 Å². The highest BCUT2D eigenvalue weighted by Gasteiger charge is 2.35. The Morgan fingerprint density at radius 3 is 2.62 bits per heavy atom. The molecule has 0 heterocycles. The van der Waals surface area contributed by atoms with E-state index < -0.39 is 11.5 Å². The Bertz CT molecular complexity index is 565. The molecule has 0 unspecified atom stereocenters. The molecular formula is C16H21NO4. The van der Waals surface area contributed by atoms with Crippen LogP contribution in [0.4, 0.5) is 0 Å². The standard InChI is InChI=1S/C16H21NO4/c1-16(2,15(19)20)17(3)14(18)10-21-13-8-7-11-5-4-6-12(11)9-13/h7-9H,4-6,10H2,1-3H3,(H,19,20). The molecule has 0 aromatic heterocycles. The highest BCUT2D eigenvalue weighted by molar-refractivity contribution is 5.86. The fourth-order valence-electron chi connectivity index (χ4n) is 2.34. The summed E-state index contributed by atoms with van der Waals surface area (Å²) in [7, 11) is 1.47. The van der Waals surface area contributed by atoms with Crippen LogP contribution in [0.5, 0.6) is 5.75 Å². The minimum atomic E-state index is -1.25. The summed E-state index contributed by atoms with van der Waals surface area (Å²) in [6.45, 7) is 2.82. The quantitative estimate of drug-likeness (QED) is 0.899. The van der Waals surface area contributed by atoms with Gasteiger partial charge in [-0.1, -0.05) is 6.07 Å². The number of nitrogens with zero attached hydrogens (tertiary/aromatic N) is 1. The fourth-order valence-corrected chi connectivity index (χ4v) is 2.34. The summed E-state index contributed by atoms with van der Waals surface area (Å²) in [4.78, 5) is 24.4. The summed E-state index contributed by atoms with van der Waals surface area (Å²) in [6, 6.07) is 5.87. The van der Waals surface area contributed by atoms with Crippen LogP contribution in [0.25, 0.3) is 0 Å². The summed E-state index contributed by atoms with van der Waals surface area (Å²) in [5, 5.41) is 9.12. The van der Waals surface area contributed by atoms with Gasteiger partial charge in [-0.2, -0.15) is 0 Å². The molecule has 0 saturated carbocycles. The molecule has 114 valence electrons. The van der Waals surface area contributed by atoms with E-state index in [2.05, 4.69) is 0 Å². The van der Waals surface area contributed by atoms with Crippen LogP contribution < -0.4 is 4.74 Å². The SMILES string of the molecule is CN(C(=O)COc1ccc2c(c1)CCC2)C(C)(C)C(=O)O. The molecule has 2 rings (SSSR count). The highest BCUT2D eigenvalue weighted by Crippen LogP contribution is 2.26. The number of hydrogen-bond donors (Lipinski definition) is 1. The van der Waals surface area contributed by atoms with Crippen molar-refractivity contribution in [3.8, 4) is 5.75 Å². The molecule has 5 nitrogen and oxygen atoms in total. The smallest absolute Gasteiger partial charge is 0.329 e. The molecule has 1 amide bonds. The minimum absolute atomic E-state index is 0.161. The molecule has 0 saturated heterocycles. The number of benzene rings is 1. The Labute approximate surface area is 124 Å². The Kier molecular flexibility index (Phi) is 4.21. The van der Waals surface area contributed by atoms with Gasteiger partial charge in [0.15, 0.2) is 6.61 Å². The Balaban J connectivity index is 1.97. The van der Waals surface area contributed by atoms with Crippen LogP contribution in [-0.2, 0) is 22.4 Å². The van der Waals surface area contributed by atoms with E-state index in [0.29, 0.717) is 5.75 Å². The second-order valence-corrected chi connectivity index (χ2v) is 5.89. The number of fused-ring (bicyclic) bond motifs is 1. The van der Waals surface area contributed by atoms with Crippen LogP contribution in [0.3, 0.4) is 0 Å². The molecule has 21 heavy (non-hydrogen) atoms. The second kappa shape index (κ2) is 5.76. The molecular weight excluding hydrogens is 270 g/mol. The lowest BCUT2D eigenvalue weighted by molar-refractivity contribution is -0.156. The lowest BCUT2D eigenvalue weighted by Crippen LogP contribution is -2.52. The molecule has 1 N–H and O–H groups in total. The zero-order chi connectivity index (χ0) is 15.6. The maximum atomic E-state index is 12.0. The molecule has 0 atom stereocenters. The van der Waals surface area contributed by atoms with Crippen molar-refractivity contribution in [1.29, 1.82) is 0 Å². The number of aryl methyl sites for hydroxylation is 2. The lowest BCUT2D eigenvalue weighted by Gasteiger charge is -2.31. The molecule has 1 aromatic rings. The molecule has 0 radical (unpaired) electrons. The summed E-state index contributed by atoms with van der Waals surface area (Å²) in [6.07, 6.45) is 3.31. The van der Waals surface area contributed by atoms with Gasteiger partial charge in [0, 0.05) is 7.05 Å². The van der Waals surface area contributed by atoms with Crippen LogP contribution in [-0.4, -0.2) is 41.1 Å². The lowest BCUT2D eigenvalue weighted by atomic mass is 10.0. The Morgan fingerprint density at radius 1 is 1.29 bits per heavy atom. The van der Waals surface area contributed by atoms with Gasteiger partial charge in [-0.3, -0.25) is 4.79 Å². The van der Waals surface area contributed by atoms with Crippen molar-refractivity contribution in [3.05, 3.63) is 29.3 Å². The van der Waals surface area contributed by atoms with E-state index in [9.17, 15) is 9.59 Å². The first-order valence-electron chi connectivity index (χ1n) is 7.07. The van der Waals surface area contributed by atoms with Crippen molar-refractivity contribution in [2.24, 2.45) is 0 Å². The Hall–Kier alpha value is -2.04. The number of carboxylic acids is 1. The van der Waals surface area contributed by atoms with Crippen LogP contribution >= 0.6 is 0 Å². The average molecular weight is 291 g/mol. The van der Waals surface area contributed by atoms with Crippen LogP contribution in [0.15, 0.2) is 18.2 Å². The first kappa shape index (κ1) is 15.4. The second-order valence-electron chi connectivity index (χ2n) is 5.89. The van der Waals surface area contributed by atoms with Crippen LogP contribution in [0.2, 0.25) is 0 Å². The van der Waals surface area contributed by atoms with E-state index in [0.717, 1.165) is 19.3 Å². The molecule has 5 heteroatoms. The van der Waals surface area contributed by atoms with Gasteiger partial charge in [-0.05, 0) is 56.4 Å². The van der Waals surface area contributed by atoms with Crippen molar-refractivity contribution >= 4 is 11.9 Å². The first-order valence-corrected chi connectivity index (χ1v) is 7.07. The normalized spacial score (nSPS) is 13.7. The molecule has 0 aliphatic heterocycles. The van der Waals surface area contributed by atoms with Crippen molar-refractivity contribution < 1.29 is 19.4 Å². The Morgan fingerprint density at radius 2 is 1.95 bits per heavy atom. The zero-order valence-electron chi connectivity index (χ0n) is 12.7. The molecule has 0 bridgehead atoms. The van der Waals surface area contributed by atoms with Gasteiger partial charge in [0.05, 0.1) is 0 Å². The topological polar surface area (TPSA) is 66.8 Å². The number of likely N-dealkylation sites (N-methyl/N-ethyl adjacent to an activating group) is 1. The van der Waals surface area contributed by atoms with Crippen molar-refractivity contribution in [3.63, 3.8) is 0 Å². The van der Waals surface area contributed by atoms with E-state index in [1.807, 2.05) is 18.2 Å². The van der Waals surface area contributed by atoms with Crippen molar-refractivity contribution in [2.45, 2.75) is 38.6 Å². The van der Waals surface area contributed by atoms with Gasteiger partial charge in [0.1, 0.15) is 11.3 Å². The van der Waals surface area contributed by atoms with Crippen LogP contribution in [0.1, 0.15) is 31.4 Å². The summed E-state index contributed by atoms with van der Waals surface area (Å²) >= 11 is 0. The summed E-state index contributed by atoms with van der Waals surface area (Å²) in [5.41, 5.74) is 1.37. The van der Waals surface area contributed by atoms with Crippen molar-refractivity contribution in [2.75, 3.05) is 13.7 Å². The molecule has 0 spiro atoms. The van der Waals surface area contributed by atoms with Gasteiger partial charge in [0.25, 0.3) is 5.91 Å². The first-order chi connectivity index (χ1) is 9.82. The van der Waals surface area contributed by atoms with Gasteiger partial charge in [-0.25, -0.2) is 4.79 Å². The van der Waals surface area contributed by atoms with E-state index in [-0.39, 0.29) is 12.5 Å². The molecule has 1 aromatic carbocycles. The maximum Gasteiger partial charge on any atom is 0.329 e. The third-order valence-electron chi connectivity index (χ3n) is 4.17. The van der Waals surface area contributed by atoms with Crippen molar-refractivity contribution in [1.82, 2.24) is 4.90 Å². The average Bonchev–Trinajstić information content (AvgIpc) is 2.91. The van der Waals surface area contributed by atoms with E-state index in [4.69, 9.17) is 9.84 Å². The number of carbonyl (C=O) groups is 2. The maximum absolute atomic E-state index is 12.0. The predicted octanol–water partition coefficient (Wildman–Crippen LogP) is 1.88. The number of carbonyl (C=O) groups excluding carboxylic acids is 1. The number of ether oxygens (including phenoxy) is 1. The van der Waals surface area contributed by atoms with Crippen LogP contribution in [0, 0.1) is 0 Å². The number of hydrogen-bond acceptors (Lipinski definition) is 3. The molecule has 1 aliphatic rings. The van der Waals surface area contributed by atoms with Gasteiger partial charge in [-0.15, -0.1) is 0 Å². The minimum Gasteiger partial charge on any atom is -0.484 e. The van der Waals surface area contributed by atoms with E-state index in [1.165, 1.54) is 36.9 Å².